The molecule has 1 saturated heterocycles. The molecule has 4 aromatic heterocycles. The number of pyridine rings is 1. The average Bonchev–Trinajstić information content (AvgIpc) is 3.53. The number of fused-ring (bicyclic) bond motifs is 1. The van der Waals surface area contributed by atoms with Crippen LogP contribution in [0.1, 0.15) is 20.9 Å². The zero-order valence-electron chi connectivity index (χ0n) is 18.2. The van der Waals surface area contributed by atoms with Gasteiger partial charge in [-0.05, 0) is 36.4 Å². The molecule has 5 heterocycles. The highest BCUT2D eigenvalue weighted by molar-refractivity contribution is 5.94. The predicted molar refractivity (Wildman–Crippen MR) is 119 cm³/mol. The smallest absolute Gasteiger partial charge is 0.289 e. The fraction of sp³-hybridized carbons (Fsp3) is 0.273. The molecule has 0 atom stereocenters. The summed E-state index contributed by atoms with van der Waals surface area (Å²) in [7, 11) is 3.40. The number of carbonyl (C=O) groups excluding carboxylic acids is 2. The van der Waals surface area contributed by atoms with Crippen molar-refractivity contribution in [2.75, 3.05) is 45.2 Å². The molecule has 1 aliphatic rings. The van der Waals surface area contributed by atoms with Crippen LogP contribution in [-0.2, 0) is 0 Å². The Morgan fingerprint density at radius 2 is 1.85 bits per heavy atom. The van der Waals surface area contributed by atoms with Gasteiger partial charge in [0.1, 0.15) is 11.5 Å². The minimum atomic E-state index is -0.122. The van der Waals surface area contributed by atoms with Crippen molar-refractivity contribution in [1.29, 1.82) is 0 Å². The molecule has 0 N–H and O–H groups in total. The Labute approximate surface area is 189 Å². The Bertz CT molecular complexity index is 1310. The number of rotatable bonds is 4. The van der Waals surface area contributed by atoms with Gasteiger partial charge >= 0.3 is 0 Å². The Kier molecular flexibility index (Phi) is 5.21. The van der Waals surface area contributed by atoms with Crippen LogP contribution in [0.2, 0.25) is 0 Å². The lowest BCUT2D eigenvalue weighted by Crippen LogP contribution is -2.49. The van der Waals surface area contributed by atoms with E-state index >= 15 is 0 Å². The first kappa shape index (κ1) is 20.6. The molecule has 1 aliphatic heterocycles. The van der Waals surface area contributed by atoms with Gasteiger partial charge in [-0.1, -0.05) is 0 Å². The summed E-state index contributed by atoms with van der Waals surface area (Å²) in [6.45, 7) is 2.38. The minimum Gasteiger partial charge on any atom is -0.459 e. The Hall–Kier alpha value is -4.28. The van der Waals surface area contributed by atoms with E-state index in [1.54, 1.807) is 54.0 Å². The molecule has 0 unspecified atom stereocenters. The molecule has 11 nitrogen and oxygen atoms in total. The second kappa shape index (κ2) is 8.34. The van der Waals surface area contributed by atoms with E-state index in [9.17, 15) is 9.59 Å². The number of piperazine rings is 1. The summed E-state index contributed by atoms with van der Waals surface area (Å²) in [5.74, 6) is 1.31. The summed E-state index contributed by atoms with van der Waals surface area (Å²) in [6, 6.07) is 10.5. The van der Waals surface area contributed by atoms with Crippen molar-refractivity contribution in [1.82, 2.24) is 34.6 Å². The molecular formula is C22H22N8O3. The number of amides is 2. The number of anilines is 1. The predicted octanol–water partition coefficient (Wildman–Crippen LogP) is 1.44. The minimum absolute atomic E-state index is 0.109. The zero-order valence-corrected chi connectivity index (χ0v) is 18.2. The molecule has 33 heavy (non-hydrogen) atoms. The zero-order chi connectivity index (χ0) is 22.9. The van der Waals surface area contributed by atoms with Crippen molar-refractivity contribution in [3.8, 4) is 11.5 Å². The molecule has 0 radical (unpaired) electrons. The number of hydrogen-bond acceptors (Lipinski definition) is 8. The van der Waals surface area contributed by atoms with Crippen molar-refractivity contribution >= 4 is 23.3 Å². The third kappa shape index (κ3) is 3.88. The maximum atomic E-state index is 12.5. The van der Waals surface area contributed by atoms with Gasteiger partial charge in [-0.3, -0.25) is 14.6 Å². The van der Waals surface area contributed by atoms with Crippen molar-refractivity contribution in [3.63, 3.8) is 0 Å². The average molecular weight is 446 g/mol. The fourth-order valence-electron chi connectivity index (χ4n) is 3.75. The number of carbonyl (C=O) groups is 2. The third-order valence-electron chi connectivity index (χ3n) is 5.51. The number of hydrogen-bond donors (Lipinski definition) is 0. The van der Waals surface area contributed by atoms with Gasteiger partial charge in [-0.15, -0.1) is 15.3 Å². The molecule has 168 valence electrons. The second-order valence-electron chi connectivity index (χ2n) is 7.87. The summed E-state index contributed by atoms with van der Waals surface area (Å²) in [6.07, 6.45) is 3.08. The van der Waals surface area contributed by atoms with Gasteiger partial charge in [0.05, 0.1) is 6.26 Å². The fourth-order valence-corrected chi connectivity index (χ4v) is 3.75. The topological polar surface area (TPSA) is 113 Å². The van der Waals surface area contributed by atoms with Crippen molar-refractivity contribution in [2.45, 2.75) is 0 Å². The molecular weight excluding hydrogens is 424 g/mol. The van der Waals surface area contributed by atoms with Gasteiger partial charge in [-0.25, -0.2) is 0 Å². The first-order valence-electron chi connectivity index (χ1n) is 10.5. The van der Waals surface area contributed by atoms with E-state index in [0.717, 1.165) is 5.82 Å². The van der Waals surface area contributed by atoms with E-state index in [0.29, 0.717) is 54.7 Å². The van der Waals surface area contributed by atoms with Crippen LogP contribution in [0.15, 0.2) is 53.3 Å². The normalized spacial score (nSPS) is 14.0. The van der Waals surface area contributed by atoms with E-state index < -0.39 is 0 Å². The quantitative estimate of drug-likeness (QED) is 0.463. The lowest BCUT2D eigenvalue weighted by Gasteiger charge is -2.34. The molecule has 0 bridgehead atoms. The van der Waals surface area contributed by atoms with Crippen molar-refractivity contribution in [2.24, 2.45) is 0 Å². The third-order valence-corrected chi connectivity index (χ3v) is 5.51. The van der Waals surface area contributed by atoms with Crippen LogP contribution in [0, 0.1) is 0 Å². The summed E-state index contributed by atoms with van der Waals surface area (Å²) in [4.78, 5) is 34.6. The lowest BCUT2D eigenvalue weighted by molar-refractivity contribution is 0.0714. The molecule has 0 aliphatic carbocycles. The van der Waals surface area contributed by atoms with Gasteiger partial charge in [0.15, 0.2) is 11.4 Å². The van der Waals surface area contributed by atoms with Gasteiger partial charge in [0.2, 0.25) is 5.82 Å². The molecule has 5 rings (SSSR count). The molecule has 1 fully saturated rings. The maximum absolute atomic E-state index is 12.5. The Balaban J connectivity index is 1.38. The molecule has 11 heteroatoms. The highest BCUT2D eigenvalue weighted by Gasteiger charge is 2.25. The Morgan fingerprint density at radius 1 is 1.03 bits per heavy atom. The van der Waals surface area contributed by atoms with E-state index in [2.05, 4.69) is 20.1 Å². The summed E-state index contributed by atoms with van der Waals surface area (Å²) in [5, 5.41) is 13.2. The summed E-state index contributed by atoms with van der Waals surface area (Å²) >= 11 is 0. The SMILES string of the molecule is CN(C)C(=O)c1ccnc(-c2nnc3ccc(N4CCN(C(=O)c5ccco5)CC4)nn23)c1. The van der Waals surface area contributed by atoms with Crippen LogP contribution in [-0.4, -0.2) is 86.7 Å². The van der Waals surface area contributed by atoms with Crippen LogP contribution < -0.4 is 4.90 Å². The Morgan fingerprint density at radius 3 is 2.58 bits per heavy atom. The van der Waals surface area contributed by atoms with Crippen LogP contribution in [0.5, 0.6) is 0 Å². The highest BCUT2D eigenvalue weighted by atomic mass is 16.3. The van der Waals surface area contributed by atoms with Gasteiger partial charge < -0.3 is 19.1 Å². The van der Waals surface area contributed by atoms with Crippen molar-refractivity contribution < 1.29 is 14.0 Å². The van der Waals surface area contributed by atoms with Gasteiger partial charge in [-0.2, -0.15) is 4.52 Å². The van der Waals surface area contributed by atoms with Crippen LogP contribution in [0.25, 0.3) is 17.2 Å². The second-order valence-corrected chi connectivity index (χ2v) is 7.87. The van der Waals surface area contributed by atoms with Crippen LogP contribution in [0.3, 0.4) is 0 Å². The standard InChI is InChI=1S/C22H22N8O3/c1-27(2)21(31)15-7-8-23-16(14-15)20-25-24-18-5-6-19(26-30(18)20)28-9-11-29(12-10-28)22(32)17-4-3-13-33-17/h3-8,13-14H,9-12H2,1-2H3. The first-order chi connectivity index (χ1) is 16.0. The molecule has 2 amide bonds. The number of nitrogens with zero attached hydrogens (tertiary/aromatic N) is 8. The maximum Gasteiger partial charge on any atom is 0.289 e. The van der Waals surface area contributed by atoms with E-state index in [1.807, 2.05) is 12.1 Å². The summed E-state index contributed by atoms with van der Waals surface area (Å²) in [5.41, 5.74) is 1.59. The van der Waals surface area contributed by atoms with E-state index in [1.165, 1.54) is 11.2 Å². The van der Waals surface area contributed by atoms with Gasteiger partial charge in [0.25, 0.3) is 11.8 Å². The molecule has 0 saturated carbocycles. The van der Waals surface area contributed by atoms with E-state index in [4.69, 9.17) is 9.52 Å². The highest BCUT2D eigenvalue weighted by Crippen LogP contribution is 2.20. The monoisotopic (exact) mass is 446 g/mol. The van der Waals surface area contributed by atoms with Gasteiger partial charge in [0, 0.05) is 52.0 Å². The lowest BCUT2D eigenvalue weighted by atomic mass is 10.2. The molecule has 0 aromatic carbocycles. The number of furan rings is 1. The van der Waals surface area contributed by atoms with Crippen LogP contribution >= 0.6 is 0 Å². The number of aromatic nitrogens is 5. The molecule has 0 spiro atoms. The first-order valence-corrected chi connectivity index (χ1v) is 10.5. The van der Waals surface area contributed by atoms with Crippen molar-refractivity contribution in [3.05, 3.63) is 60.2 Å². The molecule has 4 aromatic rings. The van der Waals surface area contributed by atoms with Crippen LogP contribution in [0.4, 0.5) is 5.82 Å². The van der Waals surface area contributed by atoms with E-state index in [-0.39, 0.29) is 11.8 Å². The summed E-state index contributed by atoms with van der Waals surface area (Å²) < 4.78 is 6.85. The largest absolute Gasteiger partial charge is 0.459 e.